The van der Waals surface area contributed by atoms with E-state index in [1.54, 1.807) is 6.20 Å². The summed E-state index contributed by atoms with van der Waals surface area (Å²) in [5.74, 6) is -2.14. The molecule has 0 spiro atoms. The van der Waals surface area contributed by atoms with Crippen molar-refractivity contribution in [2.45, 2.75) is 64.2 Å². The highest BCUT2D eigenvalue weighted by Gasteiger charge is 2.29. The van der Waals surface area contributed by atoms with E-state index < -0.39 is 47.9 Å². The molecule has 0 aliphatic heterocycles. The summed E-state index contributed by atoms with van der Waals surface area (Å²) in [6.45, 7) is 5.20. The molecule has 3 amide bonds. The monoisotopic (exact) mass is 470 g/mol. The third-order valence-electron chi connectivity index (χ3n) is 4.65. The quantitative estimate of drug-likeness (QED) is 0.213. The molecule has 1 aromatic heterocycles. The van der Waals surface area contributed by atoms with Gasteiger partial charge in [0.15, 0.2) is 0 Å². The second kappa shape index (κ2) is 13.7. The van der Waals surface area contributed by atoms with E-state index in [0.717, 1.165) is 0 Å². The highest BCUT2D eigenvalue weighted by atomic mass is 32.2. The van der Waals surface area contributed by atoms with Crippen molar-refractivity contribution in [3.63, 3.8) is 0 Å². The lowest BCUT2D eigenvalue weighted by Crippen LogP contribution is -2.56. The first-order valence-corrected chi connectivity index (χ1v) is 11.8. The number of thioether (sulfide) groups is 1. The number of carbonyl (C=O) groups excluding carboxylic acids is 3. The number of nitrogens with zero attached hydrogens (tertiary/aromatic N) is 1. The van der Waals surface area contributed by atoms with Crippen molar-refractivity contribution < 1.29 is 24.3 Å². The first kappa shape index (κ1) is 27.4. The zero-order valence-electron chi connectivity index (χ0n) is 18.9. The fourth-order valence-corrected chi connectivity index (χ4v) is 3.35. The molecular formula is C20H34N6O5S. The molecule has 0 bridgehead atoms. The third-order valence-corrected chi connectivity index (χ3v) is 5.29. The number of carboxylic acids is 1. The van der Waals surface area contributed by atoms with Crippen molar-refractivity contribution in [2.75, 3.05) is 12.0 Å². The lowest BCUT2D eigenvalue weighted by Gasteiger charge is -2.24. The van der Waals surface area contributed by atoms with E-state index in [4.69, 9.17) is 5.73 Å². The average molecular weight is 471 g/mol. The van der Waals surface area contributed by atoms with E-state index in [1.807, 2.05) is 20.1 Å². The molecule has 0 fully saturated rings. The number of carbonyl (C=O) groups is 4. The van der Waals surface area contributed by atoms with Gasteiger partial charge in [-0.3, -0.25) is 14.4 Å². The molecule has 4 atom stereocenters. The molecule has 0 aromatic carbocycles. The van der Waals surface area contributed by atoms with E-state index in [9.17, 15) is 24.3 Å². The highest BCUT2D eigenvalue weighted by molar-refractivity contribution is 7.98. The van der Waals surface area contributed by atoms with Gasteiger partial charge in [-0.2, -0.15) is 11.8 Å². The molecule has 0 aliphatic rings. The summed E-state index contributed by atoms with van der Waals surface area (Å²) >= 11 is 1.49. The van der Waals surface area contributed by atoms with Crippen molar-refractivity contribution in [3.8, 4) is 0 Å². The molecule has 0 saturated carbocycles. The minimum atomic E-state index is -1.13. The maximum absolute atomic E-state index is 12.7. The summed E-state index contributed by atoms with van der Waals surface area (Å²) in [5, 5.41) is 17.0. The molecule has 0 saturated heterocycles. The topological polar surface area (TPSA) is 179 Å². The predicted molar refractivity (Wildman–Crippen MR) is 122 cm³/mol. The van der Waals surface area contributed by atoms with Gasteiger partial charge in [0.05, 0.1) is 12.4 Å². The SMILES string of the molecule is CSCCC(NC(=O)C(C)NC(=O)C(N)Cc1cnc[nH]1)C(=O)NC(CC(C)C)C(=O)O. The Hall–Kier alpha value is -2.60. The lowest BCUT2D eigenvalue weighted by molar-refractivity contribution is -0.142. The first-order valence-electron chi connectivity index (χ1n) is 10.4. The van der Waals surface area contributed by atoms with Gasteiger partial charge in [0.25, 0.3) is 0 Å². The first-order chi connectivity index (χ1) is 15.0. The zero-order valence-corrected chi connectivity index (χ0v) is 19.7. The Morgan fingerprint density at radius 1 is 1.09 bits per heavy atom. The second-order valence-electron chi connectivity index (χ2n) is 7.99. The summed E-state index contributed by atoms with van der Waals surface area (Å²) in [6.07, 6.45) is 5.70. The summed E-state index contributed by atoms with van der Waals surface area (Å²) in [6, 6.07) is -3.80. The second-order valence-corrected chi connectivity index (χ2v) is 8.97. The molecule has 1 rings (SSSR count). The number of imidazole rings is 1. The number of rotatable bonds is 14. The number of nitrogens with one attached hydrogen (secondary N) is 4. The molecule has 180 valence electrons. The number of aliphatic carboxylic acids is 1. The normalized spacial score (nSPS) is 14.8. The van der Waals surface area contributed by atoms with Crippen LogP contribution in [0, 0.1) is 5.92 Å². The van der Waals surface area contributed by atoms with Crippen molar-refractivity contribution >= 4 is 35.5 Å². The largest absolute Gasteiger partial charge is 0.480 e. The van der Waals surface area contributed by atoms with Gasteiger partial charge in [-0.05, 0) is 37.7 Å². The van der Waals surface area contributed by atoms with Crippen LogP contribution in [0.5, 0.6) is 0 Å². The van der Waals surface area contributed by atoms with Crippen LogP contribution < -0.4 is 21.7 Å². The molecule has 4 unspecified atom stereocenters. The van der Waals surface area contributed by atoms with E-state index >= 15 is 0 Å². The number of hydrogen-bond acceptors (Lipinski definition) is 7. The van der Waals surface area contributed by atoms with Crippen LogP contribution in [0.3, 0.4) is 0 Å². The van der Waals surface area contributed by atoms with Crippen LogP contribution >= 0.6 is 11.8 Å². The summed E-state index contributed by atoms with van der Waals surface area (Å²) < 4.78 is 0. The number of carboxylic acid groups (broad SMARTS) is 1. The van der Waals surface area contributed by atoms with Gasteiger partial charge in [-0.25, -0.2) is 9.78 Å². The van der Waals surface area contributed by atoms with Gasteiger partial charge in [0.1, 0.15) is 18.1 Å². The van der Waals surface area contributed by atoms with E-state index in [0.29, 0.717) is 17.9 Å². The smallest absolute Gasteiger partial charge is 0.326 e. The molecule has 1 aromatic rings. The number of aromatic amines is 1. The Labute approximate surface area is 192 Å². The molecule has 7 N–H and O–H groups in total. The van der Waals surface area contributed by atoms with Crippen molar-refractivity contribution in [2.24, 2.45) is 11.7 Å². The molecule has 11 nitrogen and oxygen atoms in total. The standard InChI is InChI=1S/C20H34N6O5S/c1-11(2)7-16(20(30)31)26-19(29)15(5-6-32-4)25-17(27)12(3)24-18(28)14(21)8-13-9-22-10-23-13/h9-12,14-16H,5-8,21H2,1-4H3,(H,22,23)(H,24,28)(H,25,27)(H,26,29)(H,30,31). The Kier molecular flexibility index (Phi) is 11.8. The molecule has 0 radical (unpaired) electrons. The molecule has 0 aliphatic carbocycles. The van der Waals surface area contributed by atoms with Gasteiger partial charge < -0.3 is 31.8 Å². The van der Waals surface area contributed by atoms with Crippen LogP contribution in [0.4, 0.5) is 0 Å². The zero-order chi connectivity index (χ0) is 24.3. The van der Waals surface area contributed by atoms with Gasteiger partial charge in [0, 0.05) is 18.3 Å². The number of amides is 3. The Bertz CT molecular complexity index is 758. The minimum Gasteiger partial charge on any atom is -0.480 e. The molecular weight excluding hydrogens is 436 g/mol. The van der Waals surface area contributed by atoms with Crippen LogP contribution in [0.2, 0.25) is 0 Å². The third kappa shape index (κ3) is 9.69. The Balaban J connectivity index is 2.71. The highest BCUT2D eigenvalue weighted by Crippen LogP contribution is 2.07. The number of H-pyrrole nitrogens is 1. The maximum Gasteiger partial charge on any atom is 0.326 e. The van der Waals surface area contributed by atoms with E-state index in [-0.39, 0.29) is 18.8 Å². The van der Waals surface area contributed by atoms with E-state index in [2.05, 4.69) is 25.9 Å². The van der Waals surface area contributed by atoms with Crippen LogP contribution in [0.1, 0.15) is 39.3 Å². The Morgan fingerprint density at radius 2 is 1.75 bits per heavy atom. The average Bonchev–Trinajstić information content (AvgIpc) is 3.22. The van der Waals surface area contributed by atoms with Gasteiger partial charge in [0.2, 0.25) is 17.7 Å². The van der Waals surface area contributed by atoms with Crippen LogP contribution in [-0.4, -0.2) is 74.9 Å². The number of hydrogen-bond donors (Lipinski definition) is 6. The van der Waals surface area contributed by atoms with Crippen molar-refractivity contribution in [1.82, 2.24) is 25.9 Å². The number of nitrogens with two attached hydrogens (primary N) is 1. The van der Waals surface area contributed by atoms with Crippen molar-refractivity contribution in [1.29, 1.82) is 0 Å². The Morgan fingerprint density at radius 3 is 2.28 bits per heavy atom. The van der Waals surface area contributed by atoms with Gasteiger partial charge in [-0.15, -0.1) is 0 Å². The molecule has 32 heavy (non-hydrogen) atoms. The summed E-state index contributed by atoms with van der Waals surface area (Å²) in [5.41, 5.74) is 6.57. The van der Waals surface area contributed by atoms with Crippen LogP contribution in [-0.2, 0) is 25.6 Å². The van der Waals surface area contributed by atoms with Crippen LogP contribution in [0.15, 0.2) is 12.5 Å². The number of aromatic nitrogens is 2. The minimum absolute atomic E-state index is 0.0665. The van der Waals surface area contributed by atoms with Gasteiger partial charge in [-0.1, -0.05) is 13.8 Å². The van der Waals surface area contributed by atoms with Gasteiger partial charge >= 0.3 is 5.97 Å². The predicted octanol–water partition coefficient (Wildman–Crippen LogP) is -0.362. The van der Waals surface area contributed by atoms with Crippen LogP contribution in [0.25, 0.3) is 0 Å². The maximum atomic E-state index is 12.7. The summed E-state index contributed by atoms with van der Waals surface area (Å²) in [7, 11) is 0. The molecule has 12 heteroatoms. The molecule has 1 heterocycles. The lowest BCUT2D eigenvalue weighted by atomic mass is 10.0. The fraction of sp³-hybridized carbons (Fsp3) is 0.650. The van der Waals surface area contributed by atoms with E-state index in [1.165, 1.54) is 25.0 Å². The summed E-state index contributed by atoms with van der Waals surface area (Å²) in [4.78, 5) is 55.8. The fourth-order valence-electron chi connectivity index (χ4n) is 2.88. The van der Waals surface area contributed by atoms with Crippen molar-refractivity contribution in [3.05, 3.63) is 18.2 Å².